The summed E-state index contributed by atoms with van der Waals surface area (Å²) in [5.74, 6) is 0.436. The van der Waals surface area contributed by atoms with Crippen LogP contribution < -0.4 is 5.32 Å². The molecule has 0 aliphatic heterocycles. The minimum atomic E-state index is -0.176. The van der Waals surface area contributed by atoms with Gasteiger partial charge >= 0.3 is 0 Å². The van der Waals surface area contributed by atoms with Crippen molar-refractivity contribution in [3.8, 4) is 0 Å². The van der Waals surface area contributed by atoms with Crippen LogP contribution in [0.2, 0.25) is 0 Å². The summed E-state index contributed by atoms with van der Waals surface area (Å²) >= 11 is 0. The van der Waals surface area contributed by atoms with Crippen LogP contribution in [0.1, 0.15) is 46.2 Å². The van der Waals surface area contributed by atoms with E-state index >= 15 is 0 Å². The molecule has 1 rings (SSSR count). The van der Waals surface area contributed by atoms with Gasteiger partial charge < -0.3 is 5.32 Å². The molecule has 1 unspecified atom stereocenters. The van der Waals surface area contributed by atoms with Gasteiger partial charge in [-0.1, -0.05) is 46.8 Å². The first kappa shape index (κ1) is 14.2. The van der Waals surface area contributed by atoms with Crippen LogP contribution in [0.25, 0.3) is 0 Å². The lowest BCUT2D eigenvalue weighted by atomic mass is 9.82. The number of benzene rings is 1. The van der Waals surface area contributed by atoms with E-state index in [1.165, 1.54) is 12.1 Å². The Labute approximate surface area is 104 Å². The molecule has 96 valence electrons. The minimum absolute atomic E-state index is 0.118. The third-order valence-electron chi connectivity index (χ3n) is 2.80. The molecule has 0 spiro atoms. The van der Waals surface area contributed by atoms with Crippen LogP contribution in [0.5, 0.6) is 0 Å². The van der Waals surface area contributed by atoms with E-state index in [9.17, 15) is 4.39 Å². The molecule has 2 heteroatoms. The van der Waals surface area contributed by atoms with Crippen molar-refractivity contribution >= 4 is 0 Å². The van der Waals surface area contributed by atoms with Crippen LogP contribution in [0, 0.1) is 17.2 Å². The molecule has 0 saturated heterocycles. The van der Waals surface area contributed by atoms with E-state index in [1.54, 1.807) is 0 Å². The van der Waals surface area contributed by atoms with E-state index in [0.29, 0.717) is 5.92 Å². The minimum Gasteiger partial charge on any atom is -0.309 e. The van der Waals surface area contributed by atoms with Crippen LogP contribution in [-0.4, -0.2) is 6.54 Å². The van der Waals surface area contributed by atoms with E-state index < -0.39 is 0 Å². The summed E-state index contributed by atoms with van der Waals surface area (Å²) < 4.78 is 12.9. The third kappa shape index (κ3) is 4.47. The maximum Gasteiger partial charge on any atom is 0.123 e. The molecule has 0 bridgehead atoms. The Morgan fingerprint density at radius 2 is 1.65 bits per heavy atom. The van der Waals surface area contributed by atoms with Crippen LogP contribution in [-0.2, 0) is 0 Å². The van der Waals surface area contributed by atoms with E-state index in [1.807, 2.05) is 12.1 Å². The smallest absolute Gasteiger partial charge is 0.123 e. The average molecular weight is 237 g/mol. The summed E-state index contributed by atoms with van der Waals surface area (Å²) in [6.07, 6.45) is 0. The molecule has 1 aromatic carbocycles. The Morgan fingerprint density at radius 3 is 2.06 bits per heavy atom. The second kappa shape index (κ2) is 5.63. The Hall–Kier alpha value is -0.890. The van der Waals surface area contributed by atoms with Gasteiger partial charge in [-0.3, -0.25) is 0 Å². The lowest BCUT2D eigenvalue weighted by molar-refractivity contribution is 0.264. The van der Waals surface area contributed by atoms with Gasteiger partial charge in [0.25, 0.3) is 0 Å². The predicted molar refractivity (Wildman–Crippen MR) is 71.4 cm³/mol. The Kier molecular flexibility index (Phi) is 4.70. The molecular formula is C15H24FN. The van der Waals surface area contributed by atoms with Crippen molar-refractivity contribution in [1.29, 1.82) is 0 Å². The summed E-state index contributed by atoms with van der Waals surface area (Å²) in [7, 11) is 0. The Morgan fingerprint density at radius 1 is 1.12 bits per heavy atom. The molecule has 0 saturated carbocycles. The fourth-order valence-electron chi connectivity index (χ4n) is 1.93. The van der Waals surface area contributed by atoms with Crippen LogP contribution >= 0.6 is 0 Å². The van der Waals surface area contributed by atoms with Gasteiger partial charge in [0.15, 0.2) is 0 Å². The lowest BCUT2D eigenvalue weighted by Gasteiger charge is -2.33. The number of nitrogens with one attached hydrogen (secondary N) is 1. The van der Waals surface area contributed by atoms with E-state index in [2.05, 4.69) is 39.9 Å². The molecule has 0 amide bonds. The Bertz CT molecular complexity index is 335. The van der Waals surface area contributed by atoms with Crippen molar-refractivity contribution in [3.63, 3.8) is 0 Å². The van der Waals surface area contributed by atoms with Gasteiger partial charge in [0, 0.05) is 6.04 Å². The van der Waals surface area contributed by atoms with Crippen LogP contribution in [0.3, 0.4) is 0 Å². The standard InChI is InChI=1S/C15H24FN/c1-11(2)10-17-14(15(3,4)5)12-6-8-13(16)9-7-12/h6-9,11,14,17H,10H2,1-5H3. The van der Waals surface area contributed by atoms with Crippen molar-refractivity contribution in [2.75, 3.05) is 6.54 Å². The average Bonchev–Trinajstić information content (AvgIpc) is 2.18. The SMILES string of the molecule is CC(C)CNC(c1ccc(F)cc1)C(C)(C)C. The number of hydrogen-bond donors (Lipinski definition) is 1. The first-order chi connectivity index (χ1) is 7.80. The van der Waals surface area contributed by atoms with Gasteiger partial charge in [0.2, 0.25) is 0 Å². The zero-order valence-electron chi connectivity index (χ0n) is 11.5. The molecule has 0 aliphatic carbocycles. The summed E-state index contributed by atoms with van der Waals surface area (Å²) in [5.41, 5.74) is 1.27. The van der Waals surface area contributed by atoms with Crippen molar-refractivity contribution in [2.45, 2.75) is 40.7 Å². The van der Waals surface area contributed by atoms with Crippen molar-refractivity contribution in [1.82, 2.24) is 5.32 Å². The summed E-state index contributed by atoms with van der Waals surface area (Å²) in [6, 6.07) is 7.07. The summed E-state index contributed by atoms with van der Waals surface area (Å²) in [4.78, 5) is 0. The first-order valence-corrected chi connectivity index (χ1v) is 6.29. The zero-order chi connectivity index (χ0) is 13.1. The molecule has 1 N–H and O–H groups in total. The molecule has 0 heterocycles. The van der Waals surface area contributed by atoms with E-state index in [0.717, 1.165) is 12.1 Å². The van der Waals surface area contributed by atoms with Crippen molar-refractivity contribution in [3.05, 3.63) is 35.6 Å². The topological polar surface area (TPSA) is 12.0 Å². The second-order valence-corrected chi connectivity index (χ2v) is 6.15. The van der Waals surface area contributed by atoms with Crippen LogP contribution in [0.15, 0.2) is 24.3 Å². The normalized spacial score (nSPS) is 14.1. The number of rotatable bonds is 4. The highest BCUT2D eigenvalue weighted by molar-refractivity contribution is 5.21. The van der Waals surface area contributed by atoms with Gasteiger partial charge in [-0.15, -0.1) is 0 Å². The molecular weight excluding hydrogens is 213 g/mol. The third-order valence-corrected chi connectivity index (χ3v) is 2.80. The maximum atomic E-state index is 12.9. The quantitative estimate of drug-likeness (QED) is 0.829. The van der Waals surface area contributed by atoms with Gasteiger partial charge in [0.1, 0.15) is 5.82 Å². The first-order valence-electron chi connectivity index (χ1n) is 6.29. The highest BCUT2D eigenvalue weighted by Gasteiger charge is 2.25. The number of halogens is 1. The molecule has 17 heavy (non-hydrogen) atoms. The molecule has 0 aromatic heterocycles. The van der Waals surface area contributed by atoms with E-state index in [4.69, 9.17) is 0 Å². The molecule has 1 atom stereocenters. The molecule has 0 radical (unpaired) electrons. The molecule has 1 aromatic rings. The monoisotopic (exact) mass is 237 g/mol. The van der Waals surface area contributed by atoms with Gasteiger partial charge in [-0.2, -0.15) is 0 Å². The van der Waals surface area contributed by atoms with Crippen molar-refractivity contribution < 1.29 is 4.39 Å². The second-order valence-electron chi connectivity index (χ2n) is 6.15. The molecule has 1 nitrogen and oxygen atoms in total. The largest absolute Gasteiger partial charge is 0.309 e. The van der Waals surface area contributed by atoms with Gasteiger partial charge in [-0.05, 0) is 35.6 Å². The Balaban J connectivity index is 2.86. The maximum absolute atomic E-state index is 12.9. The van der Waals surface area contributed by atoms with Crippen molar-refractivity contribution in [2.24, 2.45) is 11.3 Å². The zero-order valence-corrected chi connectivity index (χ0v) is 11.5. The highest BCUT2D eigenvalue weighted by Crippen LogP contribution is 2.32. The summed E-state index contributed by atoms with van der Waals surface area (Å²) in [6.45, 7) is 12.0. The van der Waals surface area contributed by atoms with Crippen LogP contribution in [0.4, 0.5) is 4.39 Å². The highest BCUT2D eigenvalue weighted by atomic mass is 19.1. The van der Waals surface area contributed by atoms with E-state index in [-0.39, 0.29) is 17.3 Å². The fourth-order valence-corrected chi connectivity index (χ4v) is 1.93. The fraction of sp³-hybridized carbons (Fsp3) is 0.600. The lowest BCUT2D eigenvalue weighted by Crippen LogP contribution is -2.34. The van der Waals surface area contributed by atoms with Gasteiger partial charge in [-0.25, -0.2) is 4.39 Å². The summed E-state index contributed by atoms with van der Waals surface area (Å²) in [5, 5.41) is 3.57. The molecule has 0 aliphatic rings. The molecule has 0 fully saturated rings. The predicted octanol–water partition coefficient (Wildman–Crippen LogP) is 4.16. The number of hydrogen-bond acceptors (Lipinski definition) is 1. The van der Waals surface area contributed by atoms with Gasteiger partial charge in [0.05, 0.1) is 0 Å².